The van der Waals surface area contributed by atoms with Gasteiger partial charge in [-0.05, 0) is 61.6 Å². The first-order chi connectivity index (χ1) is 16.7. The number of hydrogen-bond acceptors (Lipinski definition) is 6. The quantitative estimate of drug-likeness (QED) is 0.713. The zero-order valence-corrected chi connectivity index (χ0v) is 19.7. The lowest BCUT2D eigenvalue weighted by molar-refractivity contribution is -0.0120. The van der Waals surface area contributed by atoms with Gasteiger partial charge in [-0.15, -0.1) is 0 Å². The van der Waals surface area contributed by atoms with Crippen molar-refractivity contribution in [3.63, 3.8) is 0 Å². The molecule has 2 aromatic carbocycles. The smallest absolute Gasteiger partial charge is 0.251 e. The number of benzene rings is 2. The Kier molecular flexibility index (Phi) is 6.05. The van der Waals surface area contributed by atoms with E-state index in [-0.39, 0.29) is 12.7 Å². The standard InChI is InChI=1S/C27H34N4O3/c32-27(21-6-7-25-26(15-21)34-19-33-25)28-16-24-14-20-8-9-31(24)18-22(20)17-29-10-12-30(13-11-29)23-4-2-1-3-5-23/h1-7,15,20,22,24H,8-14,16-19H2,(H,28,32). The van der Waals surface area contributed by atoms with Gasteiger partial charge in [-0.3, -0.25) is 14.6 Å². The first-order valence-corrected chi connectivity index (χ1v) is 12.7. The van der Waals surface area contributed by atoms with Crippen molar-refractivity contribution in [1.29, 1.82) is 0 Å². The van der Waals surface area contributed by atoms with E-state index in [0.29, 0.717) is 29.6 Å². The van der Waals surface area contributed by atoms with Gasteiger partial charge in [-0.2, -0.15) is 0 Å². The maximum Gasteiger partial charge on any atom is 0.251 e. The minimum atomic E-state index is -0.0335. The highest BCUT2D eigenvalue weighted by molar-refractivity contribution is 5.94. The average Bonchev–Trinajstić information content (AvgIpc) is 3.37. The third kappa shape index (κ3) is 4.46. The Morgan fingerprint density at radius 1 is 0.971 bits per heavy atom. The zero-order chi connectivity index (χ0) is 22.9. The molecule has 0 spiro atoms. The first kappa shape index (κ1) is 21.7. The summed E-state index contributed by atoms with van der Waals surface area (Å²) < 4.78 is 10.8. The molecular weight excluding hydrogens is 428 g/mol. The number of fused-ring (bicyclic) bond motifs is 4. The van der Waals surface area contributed by atoms with E-state index in [0.717, 1.165) is 51.1 Å². The Labute approximate surface area is 201 Å². The van der Waals surface area contributed by atoms with Gasteiger partial charge in [0.25, 0.3) is 5.91 Å². The van der Waals surface area contributed by atoms with Crippen molar-refractivity contribution in [3.05, 3.63) is 54.1 Å². The van der Waals surface area contributed by atoms with Gasteiger partial charge in [0.2, 0.25) is 6.79 Å². The van der Waals surface area contributed by atoms with E-state index in [1.165, 1.54) is 25.1 Å². The number of amides is 1. The molecule has 0 aliphatic carbocycles. The number of hydrogen-bond donors (Lipinski definition) is 1. The molecule has 180 valence electrons. The lowest BCUT2D eigenvalue weighted by Gasteiger charge is -2.51. The summed E-state index contributed by atoms with van der Waals surface area (Å²) in [7, 11) is 0. The summed E-state index contributed by atoms with van der Waals surface area (Å²) in [6.45, 7) is 8.98. The van der Waals surface area contributed by atoms with Crippen LogP contribution in [-0.4, -0.2) is 80.9 Å². The van der Waals surface area contributed by atoms with Crippen molar-refractivity contribution in [1.82, 2.24) is 15.1 Å². The van der Waals surface area contributed by atoms with Crippen LogP contribution in [0.25, 0.3) is 0 Å². The minimum Gasteiger partial charge on any atom is -0.454 e. The van der Waals surface area contributed by atoms with Crippen molar-refractivity contribution >= 4 is 11.6 Å². The van der Waals surface area contributed by atoms with E-state index in [1.807, 2.05) is 12.1 Å². The molecular formula is C27H34N4O3. The molecule has 0 saturated carbocycles. The van der Waals surface area contributed by atoms with Crippen LogP contribution in [-0.2, 0) is 0 Å². The lowest BCUT2D eigenvalue weighted by atomic mass is 9.75. The largest absolute Gasteiger partial charge is 0.454 e. The van der Waals surface area contributed by atoms with E-state index < -0.39 is 0 Å². The number of rotatable bonds is 6. The number of para-hydroxylation sites is 1. The average molecular weight is 463 g/mol. The molecule has 7 rings (SSSR count). The maximum atomic E-state index is 12.7. The molecule has 5 aliphatic heterocycles. The van der Waals surface area contributed by atoms with Gasteiger partial charge in [0.05, 0.1) is 0 Å². The van der Waals surface area contributed by atoms with Crippen LogP contribution in [0.3, 0.4) is 0 Å². The second-order valence-corrected chi connectivity index (χ2v) is 10.1. The van der Waals surface area contributed by atoms with Crippen LogP contribution in [0.4, 0.5) is 5.69 Å². The lowest BCUT2D eigenvalue weighted by Crippen LogP contribution is -2.59. The third-order valence-electron chi connectivity index (χ3n) is 8.13. The molecule has 34 heavy (non-hydrogen) atoms. The van der Waals surface area contributed by atoms with Crippen LogP contribution in [0.5, 0.6) is 11.5 Å². The number of carbonyl (C=O) groups excluding carboxylic acids is 1. The molecule has 2 aromatic rings. The fraction of sp³-hybridized carbons (Fsp3) is 0.519. The van der Waals surface area contributed by atoms with Gasteiger partial charge < -0.3 is 19.7 Å². The zero-order valence-electron chi connectivity index (χ0n) is 19.7. The summed E-state index contributed by atoms with van der Waals surface area (Å²) in [4.78, 5) is 20.5. The maximum absolute atomic E-state index is 12.7. The Hall–Kier alpha value is -2.77. The Bertz CT molecular complexity index is 1010. The van der Waals surface area contributed by atoms with Crippen LogP contribution >= 0.6 is 0 Å². The van der Waals surface area contributed by atoms with Crippen molar-refractivity contribution in [3.8, 4) is 11.5 Å². The van der Waals surface area contributed by atoms with E-state index in [4.69, 9.17) is 9.47 Å². The molecule has 5 aliphatic rings. The number of anilines is 1. The summed E-state index contributed by atoms with van der Waals surface area (Å²) in [6, 6.07) is 16.6. The Morgan fingerprint density at radius 2 is 1.79 bits per heavy atom. The molecule has 2 bridgehead atoms. The molecule has 0 radical (unpaired) electrons. The number of piperazine rings is 1. The van der Waals surface area contributed by atoms with Crippen LogP contribution in [0, 0.1) is 11.8 Å². The molecule has 4 unspecified atom stereocenters. The van der Waals surface area contributed by atoms with Gasteiger partial charge in [-0.1, -0.05) is 18.2 Å². The molecule has 1 amide bonds. The van der Waals surface area contributed by atoms with Crippen LogP contribution < -0.4 is 19.7 Å². The highest BCUT2D eigenvalue weighted by atomic mass is 16.7. The minimum absolute atomic E-state index is 0.0335. The summed E-state index contributed by atoms with van der Waals surface area (Å²) in [6.07, 6.45) is 2.48. The van der Waals surface area contributed by atoms with Gasteiger partial charge in [0.1, 0.15) is 0 Å². The van der Waals surface area contributed by atoms with Crippen molar-refractivity contribution < 1.29 is 14.3 Å². The summed E-state index contributed by atoms with van der Waals surface area (Å²) in [5, 5.41) is 3.17. The van der Waals surface area contributed by atoms with Gasteiger partial charge in [0, 0.05) is 63.1 Å². The van der Waals surface area contributed by atoms with Crippen LogP contribution in [0.15, 0.2) is 48.5 Å². The van der Waals surface area contributed by atoms with Gasteiger partial charge >= 0.3 is 0 Å². The third-order valence-corrected chi connectivity index (χ3v) is 8.13. The number of nitrogens with zero attached hydrogens (tertiary/aromatic N) is 3. The molecule has 1 N–H and O–H groups in total. The second-order valence-electron chi connectivity index (χ2n) is 10.1. The highest BCUT2D eigenvalue weighted by Crippen LogP contribution is 2.37. The van der Waals surface area contributed by atoms with Crippen molar-refractivity contribution in [2.75, 3.05) is 64.1 Å². The van der Waals surface area contributed by atoms with Crippen LogP contribution in [0.1, 0.15) is 23.2 Å². The second kappa shape index (κ2) is 9.47. The molecule has 7 nitrogen and oxygen atoms in total. The monoisotopic (exact) mass is 462 g/mol. The molecule has 4 saturated heterocycles. The number of nitrogens with one attached hydrogen (secondary N) is 1. The predicted octanol–water partition coefficient (Wildman–Crippen LogP) is 2.68. The van der Waals surface area contributed by atoms with Gasteiger partial charge in [-0.25, -0.2) is 0 Å². The first-order valence-electron chi connectivity index (χ1n) is 12.7. The fourth-order valence-electron chi connectivity index (χ4n) is 6.18. The number of ether oxygens (including phenoxy) is 2. The summed E-state index contributed by atoms with van der Waals surface area (Å²) >= 11 is 0. The SMILES string of the molecule is O=C(NCC1CC2CCN1CC2CN1CCN(c2ccccc2)CC1)c1ccc2c(c1)OCO2. The molecule has 4 atom stereocenters. The van der Waals surface area contributed by atoms with E-state index in [2.05, 4.69) is 50.3 Å². The molecule has 0 aromatic heterocycles. The normalized spacial score (nSPS) is 28.2. The van der Waals surface area contributed by atoms with E-state index >= 15 is 0 Å². The topological polar surface area (TPSA) is 57.3 Å². The number of carbonyl (C=O) groups is 1. The van der Waals surface area contributed by atoms with E-state index in [9.17, 15) is 4.79 Å². The number of piperidine rings is 3. The van der Waals surface area contributed by atoms with Gasteiger partial charge in [0.15, 0.2) is 11.5 Å². The van der Waals surface area contributed by atoms with Crippen LogP contribution in [0.2, 0.25) is 0 Å². The Morgan fingerprint density at radius 3 is 2.59 bits per heavy atom. The summed E-state index contributed by atoms with van der Waals surface area (Å²) in [5.74, 6) is 2.84. The van der Waals surface area contributed by atoms with Crippen molar-refractivity contribution in [2.24, 2.45) is 11.8 Å². The van der Waals surface area contributed by atoms with E-state index in [1.54, 1.807) is 6.07 Å². The Balaban J connectivity index is 0.979. The molecule has 4 fully saturated rings. The predicted molar refractivity (Wildman–Crippen MR) is 132 cm³/mol. The van der Waals surface area contributed by atoms with Crippen molar-refractivity contribution in [2.45, 2.75) is 18.9 Å². The molecule has 5 heterocycles. The summed E-state index contributed by atoms with van der Waals surface area (Å²) in [5.41, 5.74) is 1.98. The molecule has 7 heteroatoms. The fourth-order valence-corrected chi connectivity index (χ4v) is 6.18. The highest BCUT2D eigenvalue weighted by Gasteiger charge is 2.40.